The minimum absolute atomic E-state index is 0.0644. The van der Waals surface area contributed by atoms with E-state index in [9.17, 15) is 32.7 Å². The Bertz CT molecular complexity index is 671. The van der Waals surface area contributed by atoms with Crippen molar-refractivity contribution in [2.24, 2.45) is 5.92 Å². The Kier molecular flexibility index (Phi) is 5.34. The smallest absolute Gasteiger partial charge is 0.416 e. The van der Waals surface area contributed by atoms with E-state index in [2.05, 4.69) is 4.74 Å². The second-order valence-electron chi connectivity index (χ2n) is 5.64. The molecule has 6 nitrogen and oxygen atoms in total. The molecule has 136 valence electrons. The maximum atomic E-state index is 12.7. The van der Waals surface area contributed by atoms with Crippen molar-refractivity contribution < 1.29 is 37.4 Å². The predicted octanol–water partition coefficient (Wildman–Crippen LogP) is 2.88. The second kappa shape index (κ2) is 7.12. The maximum absolute atomic E-state index is 12.7. The number of carbonyl (C=O) groups excluding carboxylic acids is 2. The Morgan fingerprint density at radius 3 is 2.36 bits per heavy atom. The molecule has 1 aromatic rings. The number of rotatable bonds is 3. The van der Waals surface area contributed by atoms with Gasteiger partial charge >= 0.3 is 18.2 Å². The van der Waals surface area contributed by atoms with Crippen LogP contribution < -0.4 is 0 Å². The lowest BCUT2D eigenvalue weighted by Crippen LogP contribution is -2.46. The lowest BCUT2D eigenvalue weighted by atomic mass is 9.81. The van der Waals surface area contributed by atoms with Gasteiger partial charge in [0.15, 0.2) is 0 Å². The van der Waals surface area contributed by atoms with Gasteiger partial charge in [0, 0.05) is 13.0 Å². The van der Waals surface area contributed by atoms with Crippen molar-refractivity contribution in [3.05, 3.63) is 35.4 Å². The van der Waals surface area contributed by atoms with Crippen LogP contribution in [0.2, 0.25) is 0 Å². The molecule has 0 bridgehead atoms. The fourth-order valence-corrected chi connectivity index (χ4v) is 2.93. The maximum Gasteiger partial charge on any atom is 0.416 e. The zero-order chi connectivity index (χ0) is 18.8. The Morgan fingerprint density at radius 1 is 1.28 bits per heavy atom. The molecule has 0 aromatic heterocycles. The third kappa shape index (κ3) is 4.09. The van der Waals surface area contributed by atoms with Crippen molar-refractivity contribution >= 4 is 17.8 Å². The summed E-state index contributed by atoms with van der Waals surface area (Å²) >= 11 is 0. The summed E-state index contributed by atoms with van der Waals surface area (Å²) < 4.78 is 42.6. The molecular formula is C16H16F3NO5. The van der Waals surface area contributed by atoms with E-state index < -0.39 is 35.8 Å². The van der Waals surface area contributed by atoms with Gasteiger partial charge in [0.1, 0.15) is 5.78 Å². The molecule has 2 rings (SSSR count). The number of hydrogen-bond donors (Lipinski definition) is 1. The van der Waals surface area contributed by atoms with Crippen LogP contribution >= 0.6 is 0 Å². The number of Topliss-reactive ketones (excluding diaryl/α,β-unsaturated/α-hetero) is 1. The van der Waals surface area contributed by atoms with Crippen molar-refractivity contribution in [2.75, 3.05) is 13.7 Å². The number of amides is 1. The summed E-state index contributed by atoms with van der Waals surface area (Å²) in [5, 5.41) is 9.37. The molecule has 9 heteroatoms. The SMILES string of the molecule is COC(=O)C[C@@H]1C(=O)CCN(C(=O)O)[C@H]1c1ccc(C(F)(F)F)cc1. The van der Waals surface area contributed by atoms with E-state index in [0.717, 1.165) is 36.3 Å². The quantitative estimate of drug-likeness (QED) is 0.839. The normalized spacial score (nSPS) is 21.1. The van der Waals surface area contributed by atoms with Crippen molar-refractivity contribution in [1.29, 1.82) is 0 Å². The number of ether oxygens (including phenoxy) is 1. The van der Waals surface area contributed by atoms with E-state index in [1.165, 1.54) is 0 Å². The molecule has 0 spiro atoms. The number of halogens is 3. The minimum Gasteiger partial charge on any atom is -0.469 e. The molecule has 1 fully saturated rings. The Hall–Kier alpha value is -2.58. The first-order valence-corrected chi connectivity index (χ1v) is 7.41. The van der Waals surface area contributed by atoms with Gasteiger partial charge in [-0.3, -0.25) is 9.59 Å². The number of ketones is 1. The first kappa shape index (κ1) is 18.8. The Morgan fingerprint density at radius 2 is 1.88 bits per heavy atom. The van der Waals surface area contributed by atoms with Gasteiger partial charge in [-0.2, -0.15) is 13.2 Å². The molecule has 0 saturated carbocycles. The van der Waals surface area contributed by atoms with Gasteiger partial charge in [-0.05, 0) is 17.7 Å². The lowest BCUT2D eigenvalue weighted by Gasteiger charge is -2.38. The number of piperidine rings is 1. The third-order valence-electron chi connectivity index (χ3n) is 4.17. The molecule has 1 aliphatic rings. The highest BCUT2D eigenvalue weighted by Gasteiger charge is 2.42. The minimum atomic E-state index is -4.53. The highest BCUT2D eigenvalue weighted by atomic mass is 19.4. The number of carboxylic acid groups (broad SMARTS) is 1. The van der Waals surface area contributed by atoms with Crippen LogP contribution in [0.4, 0.5) is 18.0 Å². The van der Waals surface area contributed by atoms with E-state index >= 15 is 0 Å². The van der Waals surface area contributed by atoms with Crippen LogP contribution in [0.15, 0.2) is 24.3 Å². The predicted molar refractivity (Wildman–Crippen MR) is 78.7 cm³/mol. The fraction of sp³-hybridized carbons (Fsp3) is 0.438. The zero-order valence-electron chi connectivity index (χ0n) is 13.2. The summed E-state index contributed by atoms with van der Waals surface area (Å²) in [4.78, 5) is 36.3. The van der Waals surface area contributed by atoms with Crippen LogP contribution in [-0.4, -0.2) is 41.5 Å². The highest BCUT2D eigenvalue weighted by molar-refractivity contribution is 5.88. The van der Waals surface area contributed by atoms with Gasteiger partial charge < -0.3 is 14.7 Å². The standard InChI is InChI=1S/C16H16F3NO5/c1-25-13(22)8-11-12(21)6-7-20(15(23)24)14(11)9-2-4-10(5-3-9)16(17,18)19/h2-5,11,14H,6-8H2,1H3,(H,23,24)/t11-,14+/m1/s1. The van der Waals surface area contributed by atoms with Crippen molar-refractivity contribution in [1.82, 2.24) is 4.90 Å². The van der Waals surface area contributed by atoms with Gasteiger partial charge in [0.25, 0.3) is 0 Å². The van der Waals surface area contributed by atoms with E-state index in [0.29, 0.717) is 0 Å². The van der Waals surface area contributed by atoms with Crippen molar-refractivity contribution in [3.8, 4) is 0 Å². The highest BCUT2D eigenvalue weighted by Crippen LogP contribution is 2.38. The number of alkyl halides is 3. The van der Waals surface area contributed by atoms with Crippen LogP contribution in [-0.2, 0) is 20.5 Å². The summed E-state index contributed by atoms with van der Waals surface area (Å²) in [5.41, 5.74) is -0.665. The molecule has 1 heterocycles. The number of nitrogens with zero attached hydrogens (tertiary/aromatic N) is 1. The van der Waals surface area contributed by atoms with Crippen molar-refractivity contribution in [3.63, 3.8) is 0 Å². The second-order valence-corrected chi connectivity index (χ2v) is 5.64. The van der Waals surface area contributed by atoms with Crippen LogP contribution in [0.3, 0.4) is 0 Å². The van der Waals surface area contributed by atoms with Gasteiger partial charge in [-0.1, -0.05) is 12.1 Å². The first-order chi connectivity index (χ1) is 11.6. The van der Waals surface area contributed by atoms with Gasteiger partial charge in [0.2, 0.25) is 0 Å². The molecule has 0 unspecified atom stereocenters. The van der Waals surface area contributed by atoms with E-state index in [4.69, 9.17) is 0 Å². The third-order valence-corrected chi connectivity index (χ3v) is 4.17. The zero-order valence-corrected chi connectivity index (χ0v) is 13.2. The summed E-state index contributed by atoms with van der Waals surface area (Å²) in [6, 6.07) is 2.87. The number of carbonyl (C=O) groups is 3. The Balaban J connectivity index is 2.42. The first-order valence-electron chi connectivity index (χ1n) is 7.41. The average molecular weight is 359 g/mol. The summed E-state index contributed by atoms with van der Waals surface area (Å²) in [6.45, 7) is -0.0858. The van der Waals surface area contributed by atoms with Gasteiger partial charge in [-0.25, -0.2) is 4.79 Å². The molecule has 25 heavy (non-hydrogen) atoms. The number of methoxy groups -OCH3 is 1. The average Bonchev–Trinajstić information content (AvgIpc) is 2.55. The summed E-state index contributed by atoms with van der Waals surface area (Å²) in [5.74, 6) is -2.02. The number of hydrogen-bond acceptors (Lipinski definition) is 4. The van der Waals surface area contributed by atoms with Crippen LogP contribution in [0.5, 0.6) is 0 Å². The van der Waals surface area contributed by atoms with Crippen LogP contribution in [0, 0.1) is 5.92 Å². The van der Waals surface area contributed by atoms with E-state index in [1.54, 1.807) is 0 Å². The van der Waals surface area contributed by atoms with Crippen molar-refractivity contribution in [2.45, 2.75) is 25.1 Å². The molecule has 1 saturated heterocycles. The topological polar surface area (TPSA) is 83.9 Å². The van der Waals surface area contributed by atoms with E-state index in [-0.39, 0.29) is 30.7 Å². The number of esters is 1. The summed E-state index contributed by atoms with van der Waals surface area (Å²) in [6.07, 6.45) is -6.25. The number of likely N-dealkylation sites (tertiary alicyclic amines) is 1. The molecule has 0 radical (unpaired) electrons. The van der Waals surface area contributed by atoms with Gasteiger partial charge in [0.05, 0.1) is 31.1 Å². The van der Waals surface area contributed by atoms with Crippen LogP contribution in [0.25, 0.3) is 0 Å². The molecular weight excluding hydrogens is 343 g/mol. The molecule has 1 N–H and O–H groups in total. The summed E-state index contributed by atoms with van der Waals surface area (Å²) in [7, 11) is 1.14. The monoisotopic (exact) mass is 359 g/mol. The molecule has 1 amide bonds. The Labute approximate surface area is 141 Å². The van der Waals surface area contributed by atoms with E-state index in [1.807, 2.05) is 0 Å². The van der Waals surface area contributed by atoms with Gasteiger partial charge in [-0.15, -0.1) is 0 Å². The fourth-order valence-electron chi connectivity index (χ4n) is 2.93. The largest absolute Gasteiger partial charge is 0.469 e. The number of benzene rings is 1. The molecule has 2 atom stereocenters. The lowest BCUT2D eigenvalue weighted by molar-refractivity contribution is -0.146. The molecule has 0 aliphatic carbocycles. The molecule has 1 aliphatic heterocycles. The molecule has 1 aromatic carbocycles. The van der Waals surface area contributed by atoms with Crippen LogP contribution in [0.1, 0.15) is 30.0 Å².